The lowest BCUT2D eigenvalue weighted by molar-refractivity contribution is -0.0607. The molecular weight excluding hydrogens is 210 g/mol. The van der Waals surface area contributed by atoms with Crippen molar-refractivity contribution >= 4 is 5.82 Å². The van der Waals surface area contributed by atoms with Gasteiger partial charge in [0.2, 0.25) is 0 Å². The molecule has 0 aliphatic carbocycles. The molecule has 6 nitrogen and oxygen atoms in total. The molecule has 0 bridgehead atoms. The van der Waals surface area contributed by atoms with Gasteiger partial charge in [-0.2, -0.15) is 4.98 Å². The molecule has 0 unspecified atom stereocenters. The van der Waals surface area contributed by atoms with Crippen LogP contribution >= 0.6 is 0 Å². The van der Waals surface area contributed by atoms with E-state index in [4.69, 9.17) is 15.6 Å². The number of nitrogen functional groups attached to an aromatic ring is 1. The van der Waals surface area contributed by atoms with Crippen molar-refractivity contribution in [2.24, 2.45) is 0 Å². The molecule has 2 rings (SSSR count). The molecule has 2 heterocycles. The molecule has 0 aromatic carbocycles. The van der Waals surface area contributed by atoms with E-state index < -0.39 is 11.9 Å². The molecule has 1 aliphatic rings. The lowest BCUT2D eigenvalue weighted by Gasteiger charge is -2.25. The molecule has 0 fully saturated rings. The van der Waals surface area contributed by atoms with E-state index in [1.807, 2.05) is 6.08 Å². The third-order valence-electron chi connectivity index (χ3n) is 2.36. The molecule has 1 aromatic rings. The predicted molar refractivity (Wildman–Crippen MR) is 57.7 cm³/mol. The van der Waals surface area contributed by atoms with Crippen molar-refractivity contribution in [2.75, 3.05) is 12.3 Å². The van der Waals surface area contributed by atoms with Gasteiger partial charge in [0.1, 0.15) is 18.1 Å². The van der Waals surface area contributed by atoms with Crippen molar-refractivity contribution in [3.8, 4) is 0 Å². The first-order valence-electron chi connectivity index (χ1n) is 4.98. The highest BCUT2D eigenvalue weighted by Gasteiger charge is 2.19. The first-order chi connectivity index (χ1) is 7.70. The summed E-state index contributed by atoms with van der Waals surface area (Å²) in [5, 5.41) is 8.97. The molecule has 1 aliphatic heterocycles. The van der Waals surface area contributed by atoms with Crippen LogP contribution in [-0.2, 0) is 4.74 Å². The number of hydrogen-bond acceptors (Lipinski definition) is 5. The Morgan fingerprint density at radius 2 is 2.50 bits per heavy atom. The van der Waals surface area contributed by atoms with E-state index in [2.05, 4.69) is 4.98 Å². The van der Waals surface area contributed by atoms with Gasteiger partial charge in [0.25, 0.3) is 0 Å². The smallest absolute Gasteiger partial charge is 0.351 e. The molecule has 2 atom stereocenters. The summed E-state index contributed by atoms with van der Waals surface area (Å²) < 4.78 is 6.85. The standard InChI is InChI=1S/C10H13N3O3/c11-8-4-5-13(10(15)12-8)9-3-1-2-7(6-14)16-9/h1-2,4-5,7,9,14H,3,6H2,(H2,11,12,15)/t7-,9+/m0/s1. The Hall–Kier alpha value is -1.66. The molecule has 6 heteroatoms. The quantitative estimate of drug-likeness (QED) is 0.669. The zero-order valence-corrected chi connectivity index (χ0v) is 8.61. The fourth-order valence-electron chi connectivity index (χ4n) is 1.58. The fraction of sp³-hybridized carbons (Fsp3) is 0.400. The van der Waals surface area contributed by atoms with Gasteiger partial charge in [-0.15, -0.1) is 0 Å². The normalized spacial score (nSPS) is 24.6. The van der Waals surface area contributed by atoms with Crippen molar-refractivity contribution < 1.29 is 9.84 Å². The van der Waals surface area contributed by atoms with Crippen molar-refractivity contribution in [3.63, 3.8) is 0 Å². The molecule has 0 amide bonds. The Labute approximate surface area is 92.0 Å². The Bertz CT molecular complexity index is 455. The highest BCUT2D eigenvalue weighted by molar-refractivity contribution is 5.23. The zero-order valence-electron chi connectivity index (χ0n) is 8.61. The number of rotatable bonds is 2. The van der Waals surface area contributed by atoms with Gasteiger partial charge < -0.3 is 15.6 Å². The van der Waals surface area contributed by atoms with E-state index >= 15 is 0 Å². The highest BCUT2D eigenvalue weighted by Crippen LogP contribution is 2.19. The Morgan fingerprint density at radius 1 is 1.69 bits per heavy atom. The van der Waals surface area contributed by atoms with E-state index in [0.717, 1.165) is 0 Å². The van der Waals surface area contributed by atoms with Gasteiger partial charge in [-0.3, -0.25) is 4.57 Å². The van der Waals surface area contributed by atoms with Gasteiger partial charge in [-0.25, -0.2) is 4.79 Å². The number of hydrogen-bond donors (Lipinski definition) is 2. The molecule has 0 radical (unpaired) electrons. The van der Waals surface area contributed by atoms with Crippen LogP contribution in [0.4, 0.5) is 5.82 Å². The summed E-state index contributed by atoms with van der Waals surface area (Å²) in [6.07, 6.45) is 4.96. The molecule has 0 saturated heterocycles. The van der Waals surface area contributed by atoms with E-state index in [0.29, 0.717) is 6.42 Å². The molecule has 1 aromatic heterocycles. The van der Waals surface area contributed by atoms with E-state index in [1.165, 1.54) is 10.6 Å². The zero-order chi connectivity index (χ0) is 11.5. The number of nitrogens with two attached hydrogens (primary N) is 1. The predicted octanol–water partition coefficient (Wildman–Crippen LogP) is -0.338. The molecular formula is C10H13N3O3. The minimum atomic E-state index is -0.447. The van der Waals surface area contributed by atoms with E-state index in [-0.39, 0.29) is 18.5 Å². The second-order valence-corrected chi connectivity index (χ2v) is 3.52. The van der Waals surface area contributed by atoms with Gasteiger partial charge in [0.15, 0.2) is 0 Å². The third kappa shape index (κ3) is 2.12. The number of aliphatic hydroxyl groups is 1. The van der Waals surface area contributed by atoms with Crippen LogP contribution in [0.15, 0.2) is 29.2 Å². The minimum absolute atomic E-state index is 0.107. The summed E-state index contributed by atoms with van der Waals surface area (Å²) in [7, 11) is 0. The molecule has 0 spiro atoms. The molecule has 3 N–H and O–H groups in total. The van der Waals surface area contributed by atoms with Gasteiger partial charge >= 0.3 is 5.69 Å². The Kier molecular flexibility index (Phi) is 3.02. The minimum Gasteiger partial charge on any atom is -0.393 e. The molecule has 16 heavy (non-hydrogen) atoms. The van der Waals surface area contributed by atoms with Gasteiger partial charge in [-0.05, 0) is 6.07 Å². The Balaban J connectivity index is 2.25. The summed E-state index contributed by atoms with van der Waals surface area (Å²) in [4.78, 5) is 15.2. The molecule has 0 saturated carbocycles. The van der Waals surface area contributed by atoms with Crippen molar-refractivity contribution in [1.82, 2.24) is 9.55 Å². The topological polar surface area (TPSA) is 90.4 Å². The van der Waals surface area contributed by atoms with Crippen LogP contribution in [0, 0.1) is 0 Å². The van der Waals surface area contributed by atoms with Crippen LogP contribution < -0.4 is 11.4 Å². The van der Waals surface area contributed by atoms with Crippen molar-refractivity contribution in [1.29, 1.82) is 0 Å². The average Bonchev–Trinajstić information content (AvgIpc) is 2.29. The SMILES string of the molecule is Nc1ccn([C@H]2CC=C[C@@H](CO)O2)c(=O)n1. The third-order valence-corrected chi connectivity index (χ3v) is 2.36. The van der Waals surface area contributed by atoms with Crippen LogP contribution in [0.25, 0.3) is 0 Å². The maximum Gasteiger partial charge on any atom is 0.351 e. The van der Waals surface area contributed by atoms with Crippen LogP contribution in [0.5, 0.6) is 0 Å². The van der Waals surface area contributed by atoms with Crippen LogP contribution in [-0.4, -0.2) is 27.4 Å². The van der Waals surface area contributed by atoms with Gasteiger partial charge in [-0.1, -0.05) is 12.2 Å². The lowest BCUT2D eigenvalue weighted by atomic mass is 10.2. The van der Waals surface area contributed by atoms with E-state index in [1.54, 1.807) is 12.3 Å². The summed E-state index contributed by atoms with van der Waals surface area (Å²) in [6.45, 7) is -0.107. The number of ether oxygens (including phenoxy) is 1. The number of anilines is 1. The monoisotopic (exact) mass is 223 g/mol. The van der Waals surface area contributed by atoms with Crippen LogP contribution in [0.1, 0.15) is 12.6 Å². The summed E-state index contributed by atoms with van der Waals surface area (Å²) in [6, 6.07) is 1.54. The average molecular weight is 223 g/mol. The van der Waals surface area contributed by atoms with Gasteiger partial charge in [0, 0.05) is 12.6 Å². The highest BCUT2D eigenvalue weighted by atomic mass is 16.5. The number of aliphatic hydroxyl groups excluding tert-OH is 1. The number of aromatic nitrogens is 2. The maximum absolute atomic E-state index is 11.5. The van der Waals surface area contributed by atoms with Gasteiger partial charge in [0.05, 0.1) is 6.61 Å². The van der Waals surface area contributed by atoms with Crippen molar-refractivity contribution in [3.05, 3.63) is 34.9 Å². The molecule has 86 valence electrons. The Morgan fingerprint density at radius 3 is 3.19 bits per heavy atom. The maximum atomic E-state index is 11.5. The van der Waals surface area contributed by atoms with E-state index in [9.17, 15) is 4.79 Å². The second kappa shape index (κ2) is 4.46. The first-order valence-corrected chi connectivity index (χ1v) is 4.98. The fourth-order valence-corrected chi connectivity index (χ4v) is 1.58. The second-order valence-electron chi connectivity index (χ2n) is 3.52. The summed E-state index contributed by atoms with van der Waals surface area (Å²) in [5.74, 6) is 0.186. The van der Waals surface area contributed by atoms with Crippen molar-refractivity contribution in [2.45, 2.75) is 18.8 Å². The largest absolute Gasteiger partial charge is 0.393 e. The first kappa shape index (κ1) is 10.8. The van der Waals surface area contributed by atoms with Crippen LogP contribution in [0.3, 0.4) is 0 Å². The van der Waals surface area contributed by atoms with Crippen LogP contribution in [0.2, 0.25) is 0 Å². The lowest BCUT2D eigenvalue weighted by Crippen LogP contribution is -2.33. The number of nitrogens with zero attached hydrogens (tertiary/aromatic N) is 2. The summed E-state index contributed by atoms with van der Waals surface area (Å²) in [5.41, 5.74) is 4.94. The summed E-state index contributed by atoms with van der Waals surface area (Å²) >= 11 is 0.